The number of rotatable bonds is 8. The van der Waals surface area contributed by atoms with Crippen molar-refractivity contribution in [3.63, 3.8) is 0 Å². The van der Waals surface area contributed by atoms with Crippen LogP contribution in [0.4, 0.5) is 0 Å². The number of carbonyl (C=O) groups excluding carboxylic acids is 1. The smallest absolute Gasteiger partial charge is 0.243 e. The van der Waals surface area contributed by atoms with Gasteiger partial charge in [0.2, 0.25) is 10.0 Å². The number of Topliss-reactive ketones (excluding diaryl/α,β-unsaturated/α-hetero) is 1. The molecule has 2 aromatic rings. The number of nitrogens with zero attached hydrogens (tertiary/aromatic N) is 2. The van der Waals surface area contributed by atoms with Crippen LogP contribution in [0, 0.1) is 13.8 Å². The van der Waals surface area contributed by atoms with Gasteiger partial charge in [0, 0.05) is 39.5 Å². The van der Waals surface area contributed by atoms with E-state index in [0.717, 1.165) is 31.5 Å². The van der Waals surface area contributed by atoms with Crippen molar-refractivity contribution in [3.8, 4) is 5.75 Å². The number of carbonyl (C=O) groups is 1. The maximum atomic E-state index is 13.1. The zero-order chi connectivity index (χ0) is 23.5. The molecule has 32 heavy (non-hydrogen) atoms. The lowest BCUT2D eigenvalue weighted by atomic mass is 9.97. The summed E-state index contributed by atoms with van der Waals surface area (Å²) in [5.41, 5.74) is 4.96. The predicted octanol–water partition coefficient (Wildman–Crippen LogP) is 3.16. The molecule has 6 nitrogen and oxygen atoms in total. The fourth-order valence-corrected chi connectivity index (χ4v) is 5.88. The third-order valence-electron chi connectivity index (χ3n) is 6.24. The molecule has 0 aromatic heterocycles. The van der Waals surface area contributed by atoms with Crippen LogP contribution < -0.4 is 4.74 Å². The lowest BCUT2D eigenvalue weighted by Gasteiger charge is -2.20. The summed E-state index contributed by atoms with van der Waals surface area (Å²) >= 11 is 0. The van der Waals surface area contributed by atoms with Gasteiger partial charge in [-0.05, 0) is 73.7 Å². The van der Waals surface area contributed by atoms with E-state index in [2.05, 4.69) is 24.1 Å². The van der Waals surface area contributed by atoms with E-state index in [4.69, 9.17) is 4.74 Å². The standard InChI is InChI=1S/C25H34N2O4S/c1-18-14-24(31-5)15-19(2)25(18)32(29,30)27(4)13-10-23(28)17-20-6-7-21-8-11-26(3)12-9-22(21)16-20/h6-7,14-16H,8-13,17H2,1-5H3. The second-order valence-corrected chi connectivity index (χ2v) is 10.8. The summed E-state index contributed by atoms with van der Waals surface area (Å²) in [4.78, 5) is 15.2. The fourth-order valence-electron chi connectivity index (χ4n) is 4.31. The quantitative estimate of drug-likeness (QED) is 0.608. The van der Waals surface area contributed by atoms with Crippen molar-refractivity contribution < 1.29 is 17.9 Å². The van der Waals surface area contributed by atoms with Gasteiger partial charge in [-0.3, -0.25) is 4.79 Å². The molecule has 174 valence electrons. The van der Waals surface area contributed by atoms with E-state index in [0.29, 0.717) is 23.3 Å². The number of fused-ring (bicyclic) bond motifs is 1. The Balaban J connectivity index is 1.64. The first-order valence-corrected chi connectivity index (χ1v) is 12.5. The molecule has 1 heterocycles. The van der Waals surface area contributed by atoms with Crippen molar-refractivity contribution >= 4 is 15.8 Å². The number of hydrogen-bond donors (Lipinski definition) is 0. The van der Waals surface area contributed by atoms with Gasteiger partial charge in [-0.15, -0.1) is 0 Å². The molecule has 1 aliphatic heterocycles. The minimum atomic E-state index is -3.69. The number of sulfonamides is 1. The average Bonchev–Trinajstić information content (AvgIpc) is 2.92. The number of benzene rings is 2. The van der Waals surface area contributed by atoms with Crippen LogP contribution in [0.3, 0.4) is 0 Å². The summed E-state index contributed by atoms with van der Waals surface area (Å²) in [5, 5.41) is 0. The Morgan fingerprint density at radius 1 is 1.06 bits per heavy atom. The average molecular weight is 459 g/mol. The molecule has 0 atom stereocenters. The molecule has 7 heteroatoms. The normalized spacial score (nSPS) is 14.8. The first-order chi connectivity index (χ1) is 15.1. The molecule has 2 aromatic carbocycles. The Morgan fingerprint density at radius 2 is 1.69 bits per heavy atom. The van der Waals surface area contributed by atoms with Gasteiger partial charge in [-0.2, -0.15) is 0 Å². The molecule has 0 bridgehead atoms. The number of ether oxygens (including phenoxy) is 1. The van der Waals surface area contributed by atoms with E-state index in [9.17, 15) is 13.2 Å². The maximum absolute atomic E-state index is 13.1. The van der Waals surface area contributed by atoms with Crippen LogP contribution in [0.25, 0.3) is 0 Å². The zero-order valence-electron chi connectivity index (χ0n) is 19.8. The van der Waals surface area contributed by atoms with Gasteiger partial charge < -0.3 is 9.64 Å². The minimum absolute atomic E-state index is 0.0425. The lowest BCUT2D eigenvalue weighted by molar-refractivity contribution is -0.118. The van der Waals surface area contributed by atoms with Crippen molar-refractivity contribution in [1.29, 1.82) is 0 Å². The molecule has 0 aliphatic carbocycles. The van der Waals surface area contributed by atoms with Gasteiger partial charge in [0.05, 0.1) is 12.0 Å². The van der Waals surface area contributed by atoms with Gasteiger partial charge in [-0.1, -0.05) is 18.2 Å². The summed E-state index contributed by atoms with van der Waals surface area (Å²) < 4.78 is 32.8. The van der Waals surface area contributed by atoms with E-state index < -0.39 is 10.0 Å². The molecule has 0 amide bonds. The van der Waals surface area contributed by atoms with E-state index in [1.54, 1.807) is 33.1 Å². The monoisotopic (exact) mass is 458 g/mol. The number of likely N-dealkylation sites (N-methyl/N-ethyl adjacent to an activating group) is 1. The Hall–Kier alpha value is -2.22. The van der Waals surface area contributed by atoms with Gasteiger partial charge in [0.15, 0.2) is 0 Å². The molecule has 0 N–H and O–H groups in total. The summed E-state index contributed by atoms with van der Waals surface area (Å²) in [7, 11) is 1.53. The van der Waals surface area contributed by atoms with Crippen molar-refractivity contribution in [2.45, 2.75) is 44.4 Å². The number of ketones is 1. The fraction of sp³-hybridized carbons (Fsp3) is 0.480. The topological polar surface area (TPSA) is 66.9 Å². The Bertz CT molecular complexity index is 1070. The van der Waals surface area contributed by atoms with E-state index in [-0.39, 0.29) is 23.6 Å². The van der Waals surface area contributed by atoms with E-state index in [1.165, 1.54) is 22.5 Å². The third-order valence-corrected chi connectivity index (χ3v) is 8.40. The van der Waals surface area contributed by atoms with Gasteiger partial charge >= 0.3 is 0 Å². The highest BCUT2D eigenvalue weighted by Gasteiger charge is 2.26. The Kier molecular flexibility index (Phi) is 7.75. The van der Waals surface area contributed by atoms with Crippen molar-refractivity contribution in [3.05, 3.63) is 58.1 Å². The Morgan fingerprint density at radius 3 is 2.31 bits per heavy atom. The molecular weight excluding hydrogens is 424 g/mol. The maximum Gasteiger partial charge on any atom is 0.243 e. The van der Waals surface area contributed by atoms with Gasteiger partial charge in [0.25, 0.3) is 0 Å². The largest absolute Gasteiger partial charge is 0.497 e. The summed E-state index contributed by atoms with van der Waals surface area (Å²) in [6.45, 7) is 5.76. The molecule has 0 saturated carbocycles. The zero-order valence-corrected chi connectivity index (χ0v) is 20.6. The van der Waals surface area contributed by atoms with Crippen LogP contribution >= 0.6 is 0 Å². The first kappa shape index (κ1) is 24.4. The minimum Gasteiger partial charge on any atom is -0.497 e. The first-order valence-electron chi connectivity index (χ1n) is 11.0. The van der Waals surface area contributed by atoms with Crippen molar-refractivity contribution in [2.75, 3.05) is 40.8 Å². The SMILES string of the molecule is COc1cc(C)c(S(=O)(=O)N(C)CCC(=O)Cc2ccc3c(c2)CCN(C)CC3)c(C)c1. The molecule has 3 rings (SSSR count). The van der Waals surface area contributed by atoms with Gasteiger partial charge in [0.1, 0.15) is 11.5 Å². The van der Waals surface area contributed by atoms with E-state index >= 15 is 0 Å². The molecule has 0 unspecified atom stereocenters. The summed E-state index contributed by atoms with van der Waals surface area (Å²) in [5.74, 6) is 0.671. The Labute approximate surface area is 192 Å². The van der Waals surface area contributed by atoms with E-state index in [1.807, 2.05) is 6.07 Å². The molecular formula is C25H34N2O4S. The number of methoxy groups -OCH3 is 1. The van der Waals surface area contributed by atoms with Crippen molar-refractivity contribution in [2.24, 2.45) is 0 Å². The van der Waals surface area contributed by atoms with Crippen LogP contribution in [-0.4, -0.2) is 64.2 Å². The summed E-state index contributed by atoms with van der Waals surface area (Å²) in [6, 6.07) is 9.76. The number of hydrogen-bond acceptors (Lipinski definition) is 5. The predicted molar refractivity (Wildman–Crippen MR) is 127 cm³/mol. The second kappa shape index (κ2) is 10.1. The van der Waals surface area contributed by atoms with Crippen LogP contribution in [0.15, 0.2) is 35.2 Å². The summed E-state index contributed by atoms with van der Waals surface area (Å²) in [6.07, 6.45) is 2.55. The molecule has 0 spiro atoms. The molecule has 0 fully saturated rings. The highest BCUT2D eigenvalue weighted by molar-refractivity contribution is 7.89. The highest BCUT2D eigenvalue weighted by atomic mass is 32.2. The second-order valence-electron chi connectivity index (χ2n) is 8.79. The molecule has 0 saturated heterocycles. The lowest BCUT2D eigenvalue weighted by Crippen LogP contribution is -2.30. The molecule has 1 aliphatic rings. The van der Waals surface area contributed by atoms with Crippen LogP contribution in [0.1, 0.15) is 34.2 Å². The van der Waals surface area contributed by atoms with Crippen LogP contribution in [0.2, 0.25) is 0 Å². The number of aryl methyl sites for hydroxylation is 2. The van der Waals surface area contributed by atoms with Crippen molar-refractivity contribution in [1.82, 2.24) is 9.21 Å². The third kappa shape index (κ3) is 5.57. The van der Waals surface area contributed by atoms with Gasteiger partial charge in [-0.25, -0.2) is 12.7 Å². The molecule has 0 radical (unpaired) electrons. The van der Waals surface area contributed by atoms with Crippen LogP contribution in [0.5, 0.6) is 5.75 Å². The van der Waals surface area contributed by atoms with Crippen LogP contribution in [-0.2, 0) is 34.1 Å². The highest BCUT2D eigenvalue weighted by Crippen LogP contribution is 2.28.